The molecule has 2 amide bonds. The zero-order valence-corrected chi connectivity index (χ0v) is 27.6. The van der Waals surface area contributed by atoms with Crippen LogP contribution in [0.2, 0.25) is 0 Å². The molecule has 44 heavy (non-hydrogen) atoms. The summed E-state index contributed by atoms with van der Waals surface area (Å²) in [6, 6.07) is 21.5. The van der Waals surface area contributed by atoms with Crippen LogP contribution in [0.25, 0.3) is 11.1 Å². The van der Waals surface area contributed by atoms with Crippen molar-refractivity contribution in [1.29, 1.82) is 0 Å². The third-order valence-corrected chi connectivity index (χ3v) is 9.67. The molecular weight excluding hydrogens is 691 g/mol. The lowest BCUT2D eigenvalue weighted by Crippen LogP contribution is -2.51. The Balaban J connectivity index is 1.50. The number of allylic oxidation sites excluding steroid dienone is 2. The van der Waals surface area contributed by atoms with Crippen LogP contribution in [0.4, 0.5) is 4.39 Å². The molecule has 9 heteroatoms. The Kier molecular flexibility index (Phi) is 11.7. The number of alkyl halides is 1. The molecule has 230 valence electrons. The summed E-state index contributed by atoms with van der Waals surface area (Å²) in [5, 5.41) is 12.7. The number of amides is 2. The zero-order chi connectivity index (χ0) is 31.7. The third-order valence-electron chi connectivity index (χ3n) is 7.68. The lowest BCUT2D eigenvalue weighted by Gasteiger charge is -2.37. The number of nitrogens with one attached hydrogen (secondary N) is 1. The number of carbonyl (C=O) groups is 3. The SMILES string of the molecule is CCCCCc1ccc(CNC(=O)C2(Br)C=CC=C(Br)C2CN(Cc2cccc(-c3ccc(F)cc3)c2)C(=O)C(=O)O)cc1. The summed E-state index contributed by atoms with van der Waals surface area (Å²) in [5.74, 6) is -3.94. The first-order valence-electron chi connectivity index (χ1n) is 14.6. The van der Waals surface area contributed by atoms with E-state index >= 15 is 0 Å². The second-order valence-electron chi connectivity index (χ2n) is 10.9. The van der Waals surface area contributed by atoms with E-state index in [-0.39, 0.29) is 24.8 Å². The molecule has 0 saturated carbocycles. The van der Waals surface area contributed by atoms with Crippen LogP contribution >= 0.6 is 31.9 Å². The summed E-state index contributed by atoms with van der Waals surface area (Å²) in [5.41, 5.74) is 4.50. The van der Waals surface area contributed by atoms with Crippen molar-refractivity contribution in [2.45, 2.75) is 50.0 Å². The number of carboxylic acids is 1. The monoisotopic (exact) mass is 724 g/mol. The average Bonchev–Trinajstić information content (AvgIpc) is 3.02. The van der Waals surface area contributed by atoms with Crippen molar-refractivity contribution in [2.24, 2.45) is 5.92 Å². The van der Waals surface area contributed by atoms with Crippen molar-refractivity contribution in [3.05, 3.63) is 118 Å². The van der Waals surface area contributed by atoms with Gasteiger partial charge in [-0.3, -0.25) is 9.59 Å². The first kappa shape index (κ1) is 33.3. The van der Waals surface area contributed by atoms with E-state index < -0.39 is 22.1 Å². The number of rotatable bonds is 12. The van der Waals surface area contributed by atoms with Crippen molar-refractivity contribution in [3.8, 4) is 11.1 Å². The molecule has 3 aromatic carbocycles. The highest BCUT2D eigenvalue weighted by Crippen LogP contribution is 2.41. The number of aryl methyl sites for hydroxylation is 1. The van der Waals surface area contributed by atoms with Gasteiger partial charge >= 0.3 is 11.9 Å². The fourth-order valence-corrected chi connectivity index (χ4v) is 6.82. The van der Waals surface area contributed by atoms with Gasteiger partial charge in [-0.05, 0) is 58.9 Å². The van der Waals surface area contributed by atoms with Gasteiger partial charge in [-0.15, -0.1) is 0 Å². The lowest BCUT2D eigenvalue weighted by atomic mass is 9.86. The van der Waals surface area contributed by atoms with E-state index in [1.54, 1.807) is 42.5 Å². The second-order valence-corrected chi connectivity index (χ2v) is 13.1. The number of hydrogen-bond acceptors (Lipinski definition) is 3. The van der Waals surface area contributed by atoms with Crippen molar-refractivity contribution in [3.63, 3.8) is 0 Å². The van der Waals surface area contributed by atoms with E-state index in [2.05, 4.69) is 56.2 Å². The molecule has 0 radical (unpaired) electrons. The normalized spacial score (nSPS) is 17.5. The molecule has 3 aromatic rings. The van der Waals surface area contributed by atoms with Crippen LogP contribution in [0.15, 0.2) is 95.5 Å². The highest BCUT2D eigenvalue weighted by molar-refractivity contribution is 9.12. The summed E-state index contributed by atoms with van der Waals surface area (Å²) < 4.78 is 12.8. The highest BCUT2D eigenvalue weighted by Gasteiger charge is 2.45. The van der Waals surface area contributed by atoms with E-state index in [9.17, 15) is 23.9 Å². The maximum absolute atomic E-state index is 13.7. The molecule has 0 bridgehead atoms. The molecule has 0 fully saturated rings. The molecule has 0 spiro atoms. The number of hydrogen-bond donors (Lipinski definition) is 2. The largest absolute Gasteiger partial charge is 0.474 e. The van der Waals surface area contributed by atoms with E-state index in [1.807, 2.05) is 24.3 Å². The second kappa shape index (κ2) is 15.4. The quantitative estimate of drug-likeness (QED) is 0.115. The van der Waals surface area contributed by atoms with Gasteiger partial charge in [0.1, 0.15) is 10.1 Å². The third kappa shape index (κ3) is 8.54. The Morgan fingerprint density at radius 3 is 2.34 bits per heavy atom. The van der Waals surface area contributed by atoms with Gasteiger partial charge in [-0.2, -0.15) is 0 Å². The van der Waals surface area contributed by atoms with Crippen molar-refractivity contribution in [2.75, 3.05) is 6.54 Å². The van der Waals surface area contributed by atoms with Gasteiger partial charge in [-0.1, -0.05) is 124 Å². The van der Waals surface area contributed by atoms with Gasteiger partial charge < -0.3 is 15.3 Å². The fourth-order valence-electron chi connectivity index (χ4n) is 5.17. The Hall–Kier alpha value is -3.56. The summed E-state index contributed by atoms with van der Waals surface area (Å²) in [6.45, 7) is 2.44. The van der Waals surface area contributed by atoms with Crippen LogP contribution in [-0.4, -0.2) is 38.7 Å². The van der Waals surface area contributed by atoms with E-state index in [0.717, 1.165) is 29.5 Å². The van der Waals surface area contributed by atoms with Crippen LogP contribution in [0.3, 0.4) is 0 Å². The number of aliphatic carboxylic acids is 1. The Morgan fingerprint density at radius 1 is 0.955 bits per heavy atom. The minimum absolute atomic E-state index is 0.00400. The molecule has 0 saturated heterocycles. The number of carboxylic acid groups (broad SMARTS) is 1. The molecule has 0 aromatic heterocycles. The zero-order valence-electron chi connectivity index (χ0n) is 24.4. The summed E-state index contributed by atoms with van der Waals surface area (Å²) in [4.78, 5) is 39.7. The minimum Gasteiger partial charge on any atom is -0.474 e. The molecular formula is C35H35Br2FN2O4. The lowest BCUT2D eigenvalue weighted by molar-refractivity contribution is -0.156. The molecule has 1 aliphatic rings. The molecule has 2 N–H and O–H groups in total. The van der Waals surface area contributed by atoms with Gasteiger partial charge in [0, 0.05) is 30.0 Å². The Morgan fingerprint density at radius 2 is 1.66 bits per heavy atom. The number of carbonyl (C=O) groups excluding carboxylic acids is 2. The Bertz CT molecular complexity index is 1540. The van der Waals surface area contributed by atoms with Gasteiger partial charge in [0.2, 0.25) is 5.91 Å². The molecule has 4 rings (SSSR count). The van der Waals surface area contributed by atoms with Crippen molar-refractivity contribution < 1.29 is 23.9 Å². The van der Waals surface area contributed by atoms with Crippen molar-refractivity contribution in [1.82, 2.24) is 10.2 Å². The average molecular weight is 726 g/mol. The predicted octanol–water partition coefficient (Wildman–Crippen LogP) is 7.55. The maximum Gasteiger partial charge on any atom is 0.394 e. The summed E-state index contributed by atoms with van der Waals surface area (Å²) in [7, 11) is 0. The molecule has 2 atom stereocenters. The molecule has 0 heterocycles. The Labute approximate surface area is 274 Å². The number of halogens is 3. The fraction of sp³-hybridized carbons (Fsp3) is 0.286. The first-order valence-corrected chi connectivity index (χ1v) is 16.2. The summed E-state index contributed by atoms with van der Waals surface area (Å²) in [6.07, 6.45) is 9.79. The summed E-state index contributed by atoms with van der Waals surface area (Å²) >= 11 is 7.21. The first-order chi connectivity index (χ1) is 21.1. The maximum atomic E-state index is 13.7. The molecule has 1 aliphatic carbocycles. The molecule has 6 nitrogen and oxygen atoms in total. The van der Waals surface area contributed by atoms with Crippen LogP contribution in [0.5, 0.6) is 0 Å². The van der Waals surface area contributed by atoms with Gasteiger partial charge in [-0.25, -0.2) is 9.18 Å². The van der Waals surface area contributed by atoms with Crippen LogP contribution < -0.4 is 5.32 Å². The van der Waals surface area contributed by atoms with E-state index in [1.165, 1.54) is 35.4 Å². The molecule has 0 aliphatic heterocycles. The van der Waals surface area contributed by atoms with E-state index in [0.29, 0.717) is 16.6 Å². The number of nitrogens with zero attached hydrogens (tertiary/aromatic N) is 1. The predicted molar refractivity (Wildman–Crippen MR) is 178 cm³/mol. The van der Waals surface area contributed by atoms with Crippen LogP contribution in [-0.2, 0) is 33.9 Å². The van der Waals surface area contributed by atoms with Gasteiger partial charge in [0.25, 0.3) is 0 Å². The van der Waals surface area contributed by atoms with Gasteiger partial charge in [0.15, 0.2) is 0 Å². The van der Waals surface area contributed by atoms with Crippen molar-refractivity contribution >= 4 is 49.6 Å². The van der Waals surface area contributed by atoms with Gasteiger partial charge in [0.05, 0.1) is 0 Å². The minimum atomic E-state index is -1.59. The highest BCUT2D eigenvalue weighted by atomic mass is 79.9. The molecule has 2 unspecified atom stereocenters. The number of benzene rings is 3. The van der Waals surface area contributed by atoms with Crippen LogP contribution in [0, 0.1) is 11.7 Å². The number of unbranched alkanes of at least 4 members (excludes halogenated alkanes) is 2. The topological polar surface area (TPSA) is 86.7 Å². The smallest absolute Gasteiger partial charge is 0.394 e. The standard InChI is InChI=1S/C35H35Br2FN2O4/c1-2-3-4-7-24-11-13-25(14-12-24)21-39-34(44)35(37)19-6-10-31(36)30(35)23-40(32(41)33(42)43)22-26-8-5-9-28(20-26)27-15-17-29(38)18-16-27/h5-6,8-20,30H,2-4,7,21-23H2,1H3,(H,39,44)(H,42,43). The van der Waals surface area contributed by atoms with E-state index in [4.69, 9.17) is 0 Å². The van der Waals surface area contributed by atoms with Crippen LogP contribution in [0.1, 0.15) is 42.9 Å².